The van der Waals surface area contributed by atoms with Crippen LogP contribution in [0.5, 0.6) is 0 Å². The van der Waals surface area contributed by atoms with E-state index in [1.54, 1.807) is 0 Å². The van der Waals surface area contributed by atoms with Gasteiger partial charge in [-0.2, -0.15) is 0 Å². The lowest BCUT2D eigenvalue weighted by Crippen LogP contribution is -2.54. The summed E-state index contributed by atoms with van der Waals surface area (Å²) in [7, 11) is 0. The Morgan fingerprint density at radius 2 is 1.62 bits per heavy atom. The molecule has 0 N–H and O–H groups in total. The van der Waals surface area contributed by atoms with Crippen LogP contribution in [-0.2, 0) is 4.79 Å². The lowest BCUT2D eigenvalue weighted by Gasteiger charge is -2.43. The number of carbonyl (C=O) groups is 1. The standard InChI is InChI=1S/C20H35N3O/c1-17(2)7-5-6-8-20(24)23-11-9-19(10-12-23)22-15-13-21(14-16-22)18(3)4/h17-19H,6,8-16H2,1-4H3. The van der Waals surface area contributed by atoms with E-state index in [2.05, 4.69) is 54.2 Å². The van der Waals surface area contributed by atoms with E-state index in [0.717, 1.165) is 25.9 Å². The summed E-state index contributed by atoms with van der Waals surface area (Å²) in [6.07, 6.45) is 3.54. The van der Waals surface area contributed by atoms with E-state index in [1.165, 1.54) is 26.2 Å². The van der Waals surface area contributed by atoms with Gasteiger partial charge in [-0.1, -0.05) is 13.8 Å². The van der Waals surface area contributed by atoms with Crippen LogP contribution in [0.1, 0.15) is 53.4 Å². The van der Waals surface area contributed by atoms with Gasteiger partial charge < -0.3 is 4.90 Å². The van der Waals surface area contributed by atoms with Crippen LogP contribution in [-0.4, -0.2) is 72.0 Å². The van der Waals surface area contributed by atoms with Crippen molar-refractivity contribution in [2.45, 2.75) is 65.5 Å². The van der Waals surface area contributed by atoms with Gasteiger partial charge in [0.1, 0.15) is 0 Å². The van der Waals surface area contributed by atoms with E-state index < -0.39 is 0 Å². The lowest BCUT2D eigenvalue weighted by molar-refractivity contribution is -0.132. The van der Waals surface area contributed by atoms with Crippen LogP contribution >= 0.6 is 0 Å². The van der Waals surface area contributed by atoms with E-state index in [4.69, 9.17) is 0 Å². The molecule has 0 unspecified atom stereocenters. The number of likely N-dealkylation sites (tertiary alicyclic amines) is 1. The van der Waals surface area contributed by atoms with Crippen molar-refractivity contribution >= 4 is 5.91 Å². The minimum absolute atomic E-state index is 0.288. The zero-order valence-corrected chi connectivity index (χ0v) is 16.1. The molecule has 0 atom stereocenters. The quantitative estimate of drug-likeness (QED) is 0.740. The Balaban J connectivity index is 1.68. The maximum Gasteiger partial charge on any atom is 0.223 e. The molecule has 24 heavy (non-hydrogen) atoms. The molecule has 2 heterocycles. The molecule has 0 saturated carbocycles. The Hall–Kier alpha value is -1.05. The first-order chi connectivity index (χ1) is 11.5. The van der Waals surface area contributed by atoms with Gasteiger partial charge in [-0.05, 0) is 26.7 Å². The Morgan fingerprint density at radius 3 is 2.17 bits per heavy atom. The zero-order chi connectivity index (χ0) is 17.5. The van der Waals surface area contributed by atoms with Gasteiger partial charge in [-0.15, -0.1) is 11.8 Å². The summed E-state index contributed by atoms with van der Waals surface area (Å²) in [6.45, 7) is 15.3. The summed E-state index contributed by atoms with van der Waals surface area (Å²) in [4.78, 5) is 19.5. The minimum Gasteiger partial charge on any atom is -0.343 e. The van der Waals surface area contributed by atoms with Crippen molar-refractivity contribution in [3.63, 3.8) is 0 Å². The third-order valence-corrected chi connectivity index (χ3v) is 5.27. The first-order valence-corrected chi connectivity index (χ1v) is 9.71. The summed E-state index contributed by atoms with van der Waals surface area (Å²) < 4.78 is 0. The fourth-order valence-corrected chi connectivity index (χ4v) is 3.70. The molecular weight excluding hydrogens is 298 g/mol. The molecule has 2 aliphatic rings. The summed E-state index contributed by atoms with van der Waals surface area (Å²) >= 11 is 0. The molecule has 0 spiro atoms. The third-order valence-electron chi connectivity index (χ3n) is 5.27. The molecule has 2 rings (SSSR count). The monoisotopic (exact) mass is 333 g/mol. The van der Waals surface area contributed by atoms with Crippen molar-refractivity contribution in [3.8, 4) is 11.8 Å². The normalized spacial score (nSPS) is 21.2. The summed E-state index contributed by atoms with van der Waals surface area (Å²) in [5.74, 6) is 6.94. The summed E-state index contributed by atoms with van der Waals surface area (Å²) in [5.41, 5.74) is 0. The highest BCUT2D eigenvalue weighted by Crippen LogP contribution is 2.19. The number of carbonyl (C=O) groups excluding carboxylic acids is 1. The third kappa shape index (κ3) is 5.79. The highest BCUT2D eigenvalue weighted by atomic mass is 16.2. The van der Waals surface area contributed by atoms with Gasteiger partial charge in [0.2, 0.25) is 5.91 Å². The van der Waals surface area contributed by atoms with Crippen LogP contribution in [0.25, 0.3) is 0 Å². The molecule has 2 fully saturated rings. The van der Waals surface area contributed by atoms with Crippen LogP contribution in [0.2, 0.25) is 0 Å². The van der Waals surface area contributed by atoms with Gasteiger partial charge in [-0.25, -0.2) is 0 Å². The molecule has 2 aliphatic heterocycles. The highest BCUT2D eigenvalue weighted by molar-refractivity contribution is 5.76. The smallest absolute Gasteiger partial charge is 0.223 e. The molecule has 0 bridgehead atoms. The molecule has 4 heteroatoms. The molecule has 0 aliphatic carbocycles. The molecular formula is C20H35N3O. The Labute approximate surface area is 148 Å². The Morgan fingerprint density at radius 1 is 1.00 bits per heavy atom. The number of amides is 1. The maximum absolute atomic E-state index is 12.3. The highest BCUT2D eigenvalue weighted by Gasteiger charge is 2.29. The summed E-state index contributed by atoms with van der Waals surface area (Å²) in [6, 6.07) is 1.33. The molecule has 0 aromatic rings. The number of hydrogen-bond acceptors (Lipinski definition) is 3. The van der Waals surface area contributed by atoms with E-state index in [1.807, 2.05) is 0 Å². The van der Waals surface area contributed by atoms with Crippen LogP contribution in [0.4, 0.5) is 0 Å². The molecule has 136 valence electrons. The van der Waals surface area contributed by atoms with E-state index in [0.29, 0.717) is 30.8 Å². The average molecular weight is 334 g/mol. The van der Waals surface area contributed by atoms with Gasteiger partial charge in [0, 0.05) is 70.1 Å². The predicted molar refractivity (Wildman–Crippen MR) is 99.7 cm³/mol. The van der Waals surface area contributed by atoms with Gasteiger partial charge in [0.05, 0.1) is 0 Å². The van der Waals surface area contributed by atoms with Gasteiger partial charge in [-0.3, -0.25) is 14.6 Å². The number of piperazine rings is 1. The van der Waals surface area contributed by atoms with Crippen LogP contribution in [0.3, 0.4) is 0 Å². The predicted octanol–water partition coefficient (Wildman–Crippen LogP) is 2.44. The summed E-state index contributed by atoms with van der Waals surface area (Å²) in [5, 5.41) is 0. The topological polar surface area (TPSA) is 26.8 Å². The van der Waals surface area contributed by atoms with E-state index >= 15 is 0 Å². The molecule has 0 radical (unpaired) electrons. The second-order valence-electron chi connectivity index (χ2n) is 7.75. The fraction of sp³-hybridized carbons (Fsp3) is 0.850. The first-order valence-electron chi connectivity index (χ1n) is 9.71. The number of nitrogens with zero attached hydrogens (tertiary/aromatic N) is 3. The number of rotatable bonds is 4. The molecule has 4 nitrogen and oxygen atoms in total. The minimum atomic E-state index is 0.288. The van der Waals surface area contributed by atoms with E-state index in [9.17, 15) is 4.79 Å². The van der Waals surface area contributed by atoms with Crippen molar-refractivity contribution < 1.29 is 4.79 Å². The molecule has 0 aromatic heterocycles. The SMILES string of the molecule is CC(C)C#CCCC(=O)N1CCC(N2CCN(C(C)C)CC2)CC1. The van der Waals surface area contributed by atoms with Crippen molar-refractivity contribution in [1.29, 1.82) is 0 Å². The van der Waals surface area contributed by atoms with Crippen molar-refractivity contribution in [2.75, 3.05) is 39.3 Å². The molecule has 0 aromatic carbocycles. The van der Waals surface area contributed by atoms with Crippen molar-refractivity contribution in [1.82, 2.24) is 14.7 Å². The average Bonchev–Trinajstić information content (AvgIpc) is 2.58. The fourth-order valence-electron chi connectivity index (χ4n) is 3.70. The van der Waals surface area contributed by atoms with E-state index in [-0.39, 0.29) is 5.91 Å². The largest absolute Gasteiger partial charge is 0.343 e. The molecule has 1 amide bonds. The van der Waals surface area contributed by atoms with Gasteiger partial charge >= 0.3 is 0 Å². The van der Waals surface area contributed by atoms with Crippen LogP contribution in [0, 0.1) is 17.8 Å². The van der Waals surface area contributed by atoms with Gasteiger partial charge in [0.25, 0.3) is 0 Å². The Bertz CT molecular complexity index is 447. The number of piperidine rings is 1. The lowest BCUT2D eigenvalue weighted by atomic mass is 10.0. The maximum atomic E-state index is 12.3. The van der Waals surface area contributed by atoms with Crippen molar-refractivity contribution in [2.24, 2.45) is 5.92 Å². The number of hydrogen-bond donors (Lipinski definition) is 0. The zero-order valence-electron chi connectivity index (χ0n) is 16.1. The van der Waals surface area contributed by atoms with Crippen molar-refractivity contribution in [3.05, 3.63) is 0 Å². The van der Waals surface area contributed by atoms with Crippen LogP contribution < -0.4 is 0 Å². The Kier molecular flexibility index (Phi) is 7.58. The van der Waals surface area contributed by atoms with Gasteiger partial charge in [0.15, 0.2) is 0 Å². The second kappa shape index (κ2) is 9.44. The first kappa shape index (κ1) is 19.3. The second-order valence-corrected chi connectivity index (χ2v) is 7.75. The molecule has 2 saturated heterocycles. The van der Waals surface area contributed by atoms with Crippen LogP contribution in [0.15, 0.2) is 0 Å².